The number of fused-ring (bicyclic) bond motifs is 1. The summed E-state index contributed by atoms with van der Waals surface area (Å²) in [4.78, 5) is 37.4. The van der Waals surface area contributed by atoms with Crippen LogP contribution in [0.3, 0.4) is 0 Å². The second-order valence-electron chi connectivity index (χ2n) is 4.98. The number of anilines is 1. The van der Waals surface area contributed by atoms with Gasteiger partial charge in [0.25, 0.3) is 5.69 Å². The normalized spacial score (nSPS) is 13.5. The Hall–Kier alpha value is -3.14. The molecule has 24 heavy (non-hydrogen) atoms. The van der Waals surface area contributed by atoms with Crippen molar-refractivity contribution in [2.45, 2.75) is 6.92 Å². The van der Waals surface area contributed by atoms with Gasteiger partial charge in [0.1, 0.15) is 11.5 Å². The van der Waals surface area contributed by atoms with Crippen molar-refractivity contribution in [1.29, 1.82) is 0 Å². The van der Waals surface area contributed by atoms with Crippen molar-refractivity contribution in [3.8, 4) is 0 Å². The van der Waals surface area contributed by atoms with Crippen LogP contribution in [-0.4, -0.2) is 28.0 Å². The Labute approximate surface area is 138 Å². The molecule has 0 saturated heterocycles. The van der Waals surface area contributed by atoms with Crippen molar-refractivity contribution in [3.63, 3.8) is 0 Å². The molecule has 0 saturated carbocycles. The summed E-state index contributed by atoms with van der Waals surface area (Å²) in [6.07, 6.45) is 0. The largest absolute Gasteiger partial charge is 0.329 e. The van der Waals surface area contributed by atoms with Crippen LogP contribution in [0.4, 0.5) is 15.7 Å². The first-order chi connectivity index (χ1) is 11.4. The minimum absolute atomic E-state index is 0.131. The zero-order valence-corrected chi connectivity index (χ0v) is 13.1. The van der Waals surface area contributed by atoms with Crippen LogP contribution < -0.4 is 5.32 Å². The highest BCUT2D eigenvalue weighted by atomic mass is 32.1. The number of hydrogen-bond donors (Lipinski definition) is 1. The van der Waals surface area contributed by atoms with E-state index in [1.54, 1.807) is 6.07 Å². The molecule has 2 heterocycles. The molecule has 1 aliphatic heterocycles. The predicted octanol–water partition coefficient (Wildman–Crippen LogP) is 2.66. The molecule has 3 rings (SSSR count). The zero-order valence-electron chi connectivity index (χ0n) is 12.3. The number of para-hydroxylation sites is 1. The fraction of sp³-hybridized carbons (Fsp3) is 0.143. The van der Waals surface area contributed by atoms with Crippen LogP contribution in [0.5, 0.6) is 0 Å². The van der Waals surface area contributed by atoms with Gasteiger partial charge in [-0.05, 0) is 24.3 Å². The van der Waals surface area contributed by atoms with Gasteiger partial charge in [-0.15, -0.1) is 0 Å². The molecule has 2 aromatic rings. The molecule has 1 N–H and O–H groups in total. The van der Waals surface area contributed by atoms with E-state index in [2.05, 4.69) is 10.3 Å². The molecule has 1 aromatic carbocycles. The monoisotopic (exact) mass is 346 g/mol. The Morgan fingerprint density at radius 2 is 1.92 bits per heavy atom. The topological polar surface area (TPSA) is 128 Å². The lowest BCUT2D eigenvalue weighted by atomic mass is 9.99. The van der Waals surface area contributed by atoms with E-state index in [-0.39, 0.29) is 33.5 Å². The molecule has 1 aromatic heterocycles. The van der Waals surface area contributed by atoms with Crippen LogP contribution in [0.15, 0.2) is 29.3 Å². The maximum atomic E-state index is 11.8. The molecule has 0 bridgehead atoms. The molecule has 0 radical (unpaired) electrons. The number of rotatable bonds is 3. The smallest absolute Gasteiger partial charge is 0.315 e. The van der Waals surface area contributed by atoms with Gasteiger partial charge in [0.05, 0.1) is 26.7 Å². The SMILES string of the molecule is Cc1c([N+](=O)[O-])sc2c1C(c1ccccc1[N+](=O)[O-])=NCC(=O)N2. The number of thiophene rings is 1. The number of carbonyl (C=O) groups is 1. The summed E-state index contributed by atoms with van der Waals surface area (Å²) >= 11 is 0.818. The minimum atomic E-state index is -0.548. The molecule has 0 aliphatic carbocycles. The van der Waals surface area contributed by atoms with Gasteiger partial charge >= 0.3 is 5.00 Å². The Kier molecular flexibility index (Phi) is 3.81. The lowest BCUT2D eigenvalue weighted by Gasteiger charge is -2.07. The summed E-state index contributed by atoms with van der Waals surface area (Å²) in [5.74, 6) is -0.430. The van der Waals surface area contributed by atoms with Crippen molar-refractivity contribution in [2.24, 2.45) is 4.99 Å². The van der Waals surface area contributed by atoms with Gasteiger partial charge in [0.15, 0.2) is 0 Å². The van der Waals surface area contributed by atoms with Gasteiger partial charge in [-0.2, -0.15) is 0 Å². The van der Waals surface area contributed by atoms with Crippen LogP contribution >= 0.6 is 11.3 Å². The van der Waals surface area contributed by atoms with Gasteiger partial charge in [0.2, 0.25) is 5.91 Å². The van der Waals surface area contributed by atoms with E-state index in [0.717, 1.165) is 11.3 Å². The molecule has 122 valence electrons. The van der Waals surface area contributed by atoms with Crippen LogP contribution in [0.25, 0.3) is 0 Å². The van der Waals surface area contributed by atoms with Gasteiger partial charge < -0.3 is 5.32 Å². The molecule has 0 fully saturated rings. The number of nitro benzene ring substituents is 1. The number of nitrogens with one attached hydrogen (secondary N) is 1. The van der Waals surface area contributed by atoms with Gasteiger partial charge in [0, 0.05) is 11.6 Å². The number of benzene rings is 1. The number of carbonyl (C=O) groups excluding carboxylic acids is 1. The molecule has 1 amide bonds. The summed E-state index contributed by atoms with van der Waals surface area (Å²) in [7, 11) is 0. The lowest BCUT2D eigenvalue weighted by molar-refractivity contribution is -0.385. The third kappa shape index (κ3) is 2.52. The first-order valence-corrected chi connectivity index (χ1v) is 7.58. The third-order valence-corrected chi connectivity index (χ3v) is 4.67. The summed E-state index contributed by atoms with van der Waals surface area (Å²) in [6.45, 7) is 1.32. The molecule has 0 unspecified atom stereocenters. The van der Waals surface area contributed by atoms with E-state index in [1.807, 2.05) is 0 Å². The Morgan fingerprint density at radius 1 is 1.21 bits per heavy atom. The van der Waals surface area contributed by atoms with E-state index in [4.69, 9.17) is 0 Å². The molecular weight excluding hydrogens is 336 g/mol. The standard InChI is InChI=1S/C14H10N4O5S/c1-7-11-12(8-4-2-3-5-9(8)17(20)21)15-6-10(19)16-13(11)24-14(7)18(22)23/h2-5H,6H2,1H3,(H,16,19). The molecule has 10 heteroatoms. The first kappa shape index (κ1) is 15.7. The maximum Gasteiger partial charge on any atom is 0.329 e. The van der Waals surface area contributed by atoms with Crippen molar-refractivity contribution in [1.82, 2.24) is 0 Å². The summed E-state index contributed by atoms with van der Waals surface area (Å²) in [5, 5.41) is 25.2. The number of amides is 1. The van der Waals surface area contributed by atoms with Crippen LogP contribution in [-0.2, 0) is 4.79 Å². The van der Waals surface area contributed by atoms with Gasteiger partial charge in [-0.25, -0.2) is 0 Å². The second kappa shape index (κ2) is 5.81. The second-order valence-corrected chi connectivity index (χ2v) is 5.98. The summed E-state index contributed by atoms with van der Waals surface area (Å²) in [5.41, 5.74) is 0.921. The number of hydrogen-bond acceptors (Lipinski definition) is 7. The van der Waals surface area contributed by atoms with E-state index < -0.39 is 15.8 Å². The fourth-order valence-corrected chi connectivity index (χ4v) is 3.54. The lowest BCUT2D eigenvalue weighted by Crippen LogP contribution is -2.12. The first-order valence-electron chi connectivity index (χ1n) is 6.76. The van der Waals surface area contributed by atoms with Crippen LogP contribution in [0.1, 0.15) is 16.7 Å². The average molecular weight is 346 g/mol. The Morgan fingerprint density at radius 3 is 2.58 bits per heavy atom. The number of nitro groups is 2. The molecule has 9 nitrogen and oxygen atoms in total. The molecule has 1 aliphatic rings. The summed E-state index contributed by atoms with van der Waals surface area (Å²) < 4.78 is 0. The fourth-order valence-electron chi connectivity index (χ4n) is 2.50. The van der Waals surface area contributed by atoms with Crippen molar-refractivity contribution >= 4 is 38.6 Å². The quantitative estimate of drug-likeness (QED) is 0.675. The van der Waals surface area contributed by atoms with E-state index in [1.165, 1.54) is 25.1 Å². The molecular formula is C14H10N4O5S. The number of nitrogens with zero attached hydrogens (tertiary/aromatic N) is 3. The predicted molar refractivity (Wildman–Crippen MR) is 87.9 cm³/mol. The van der Waals surface area contributed by atoms with Gasteiger partial charge in [-0.3, -0.25) is 30.0 Å². The molecule has 0 atom stereocenters. The maximum absolute atomic E-state index is 11.8. The van der Waals surface area contributed by atoms with E-state index >= 15 is 0 Å². The highest BCUT2D eigenvalue weighted by molar-refractivity contribution is 7.20. The third-order valence-electron chi connectivity index (χ3n) is 3.51. The van der Waals surface area contributed by atoms with E-state index in [0.29, 0.717) is 11.1 Å². The Bertz CT molecular complexity index is 918. The zero-order chi connectivity index (χ0) is 17.4. The van der Waals surface area contributed by atoms with Crippen molar-refractivity contribution in [3.05, 3.63) is 61.2 Å². The van der Waals surface area contributed by atoms with Crippen LogP contribution in [0, 0.1) is 27.2 Å². The highest BCUT2D eigenvalue weighted by Crippen LogP contribution is 2.41. The van der Waals surface area contributed by atoms with Crippen molar-refractivity contribution in [2.75, 3.05) is 11.9 Å². The molecule has 0 spiro atoms. The van der Waals surface area contributed by atoms with Crippen LogP contribution in [0.2, 0.25) is 0 Å². The minimum Gasteiger partial charge on any atom is -0.315 e. The Balaban J connectivity index is 2.29. The van der Waals surface area contributed by atoms with Crippen molar-refractivity contribution < 1.29 is 14.6 Å². The van der Waals surface area contributed by atoms with E-state index in [9.17, 15) is 25.0 Å². The number of aliphatic imine (C=N–C) groups is 1. The van der Waals surface area contributed by atoms with Gasteiger partial charge in [-0.1, -0.05) is 12.1 Å². The highest BCUT2D eigenvalue weighted by Gasteiger charge is 2.31. The summed E-state index contributed by atoms with van der Waals surface area (Å²) in [6, 6.07) is 5.97. The average Bonchev–Trinajstić information content (AvgIpc) is 2.75.